The van der Waals surface area contributed by atoms with Gasteiger partial charge in [-0.3, -0.25) is 4.79 Å². The summed E-state index contributed by atoms with van der Waals surface area (Å²) < 4.78 is 41.2. The fraction of sp³-hybridized carbons (Fsp3) is 0.533. The second-order valence-corrected chi connectivity index (χ2v) is 5.28. The highest BCUT2D eigenvalue weighted by atomic mass is 19.4. The molecule has 1 aromatic carbocycles. The normalized spacial score (nSPS) is 20.5. The molecule has 2 unspecified atom stereocenters. The first-order valence-corrected chi connectivity index (χ1v) is 7.19. The average Bonchev–Trinajstić information content (AvgIpc) is 3.22. The number of carbonyl (C=O) groups excluding carboxylic acids is 1. The van der Waals surface area contributed by atoms with E-state index in [1.807, 2.05) is 7.05 Å². The minimum Gasteiger partial charge on any atom is -0.405 e. The largest absolute Gasteiger partial charge is 0.573 e. The van der Waals surface area contributed by atoms with Crippen molar-refractivity contribution in [2.45, 2.75) is 25.1 Å². The summed E-state index contributed by atoms with van der Waals surface area (Å²) >= 11 is 0. The second kappa shape index (κ2) is 7.00. The third-order valence-corrected chi connectivity index (χ3v) is 3.57. The lowest BCUT2D eigenvalue weighted by atomic mass is 10.1. The molecule has 0 aliphatic heterocycles. The molecule has 0 heterocycles. The molecule has 22 heavy (non-hydrogen) atoms. The van der Waals surface area contributed by atoms with Crippen LogP contribution in [0.5, 0.6) is 5.75 Å². The number of halogens is 3. The minimum atomic E-state index is -4.73. The van der Waals surface area contributed by atoms with Gasteiger partial charge in [-0.25, -0.2) is 0 Å². The van der Waals surface area contributed by atoms with E-state index < -0.39 is 6.36 Å². The first kappa shape index (κ1) is 16.6. The van der Waals surface area contributed by atoms with Gasteiger partial charge in [0.25, 0.3) is 0 Å². The van der Waals surface area contributed by atoms with Crippen LogP contribution < -0.4 is 15.4 Å². The van der Waals surface area contributed by atoms with Gasteiger partial charge >= 0.3 is 6.36 Å². The molecule has 1 aliphatic rings. The van der Waals surface area contributed by atoms with E-state index in [-0.39, 0.29) is 23.5 Å². The maximum Gasteiger partial charge on any atom is 0.573 e. The van der Waals surface area contributed by atoms with Crippen LogP contribution in [0.2, 0.25) is 0 Å². The SMILES string of the molecule is CNCCCNC(=O)C1CC1c1ccccc1OC(F)(F)F. The Kier molecular flexibility index (Phi) is 5.28. The lowest BCUT2D eigenvalue weighted by Gasteiger charge is -2.13. The molecule has 1 saturated carbocycles. The third-order valence-electron chi connectivity index (χ3n) is 3.57. The summed E-state index contributed by atoms with van der Waals surface area (Å²) in [6, 6.07) is 6.00. The number of hydrogen-bond acceptors (Lipinski definition) is 3. The van der Waals surface area contributed by atoms with Crippen molar-refractivity contribution in [2.75, 3.05) is 20.1 Å². The molecule has 2 atom stereocenters. The molecule has 7 heteroatoms. The van der Waals surface area contributed by atoms with Crippen LogP contribution in [0, 0.1) is 5.92 Å². The van der Waals surface area contributed by atoms with Crippen LogP contribution in [0.15, 0.2) is 24.3 Å². The number of hydrogen-bond donors (Lipinski definition) is 2. The molecule has 1 aromatic rings. The van der Waals surface area contributed by atoms with Crippen LogP contribution >= 0.6 is 0 Å². The Hall–Kier alpha value is -1.76. The van der Waals surface area contributed by atoms with Gasteiger partial charge in [0.05, 0.1) is 0 Å². The number of para-hydroxylation sites is 1. The zero-order chi connectivity index (χ0) is 16.2. The summed E-state index contributed by atoms with van der Waals surface area (Å²) in [4.78, 5) is 12.0. The number of carbonyl (C=O) groups is 1. The van der Waals surface area contributed by atoms with Crippen LogP contribution in [0.1, 0.15) is 24.3 Å². The Morgan fingerprint density at radius 2 is 2.05 bits per heavy atom. The van der Waals surface area contributed by atoms with Gasteiger partial charge in [0.1, 0.15) is 5.75 Å². The van der Waals surface area contributed by atoms with Crippen molar-refractivity contribution in [3.05, 3.63) is 29.8 Å². The van der Waals surface area contributed by atoms with Gasteiger partial charge in [-0.1, -0.05) is 18.2 Å². The fourth-order valence-corrected chi connectivity index (χ4v) is 2.44. The molecule has 0 aromatic heterocycles. The topological polar surface area (TPSA) is 50.4 Å². The van der Waals surface area contributed by atoms with E-state index in [0.29, 0.717) is 18.5 Å². The Morgan fingerprint density at radius 3 is 2.73 bits per heavy atom. The predicted molar refractivity (Wildman–Crippen MR) is 75.5 cm³/mol. The van der Waals surface area contributed by atoms with Gasteiger partial charge in [-0.2, -0.15) is 0 Å². The maximum atomic E-state index is 12.4. The van der Waals surface area contributed by atoms with E-state index >= 15 is 0 Å². The molecule has 1 aliphatic carbocycles. The average molecular weight is 316 g/mol. The van der Waals surface area contributed by atoms with Crippen LogP contribution in [-0.4, -0.2) is 32.4 Å². The molecule has 0 bridgehead atoms. The summed E-state index contributed by atoms with van der Waals surface area (Å²) in [5.41, 5.74) is 0.440. The number of amides is 1. The summed E-state index contributed by atoms with van der Waals surface area (Å²) in [7, 11) is 1.83. The Labute approximate surface area is 127 Å². The fourth-order valence-electron chi connectivity index (χ4n) is 2.44. The van der Waals surface area contributed by atoms with Crippen molar-refractivity contribution in [1.82, 2.24) is 10.6 Å². The monoisotopic (exact) mass is 316 g/mol. The number of ether oxygens (including phenoxy) is 1. The number of nitrogens with one attached hydrogen (secondary N) is 2. The number of benzene rings is 1. The highest BCUT2D eigenvalue weighted by Crippen LogP contribution is 2.50. The van der Waals surface area contributed by atoms with Crippen molar-refractivity contribution in [2.24, 2.45) is 5.92 Å². The number of rotatable bonds is 7. The summed E-state index contributed by atoms with van der Waals surface area (Å²) in [5.74, 6) is -0.802. The first-order chi connectivity index (χ1) is 10.4. The van der Waals surface area contributed by atoms with Gasteiger partial charge in [0, 0.05) is 12.5 Å². The highest BCUT2D eigenvalue weighted by molar-refractivity contribution is 5.83. The van der Waals surface area contributed by atoms with Gasteiger partial charge in [0.2, 0.25) is 5.91 Å². The summed E-state index contributed by atoms with van der Waals surface area (Å²) in [6.45, 7) is 1.36. The van der Waals surface area contributed by atoms with Gasteiger partial charge < -0.3 is 15.4 Å². The molecular weight excluding hydrogens is 297 g/mol. The Bertz CT molecular complexity index is 520. The summed E-state index contributed by atoms with van der Waals surface area (Å²) in [6.07, 6.45) is -3.36. The molecule has 2 rings (SSSR count). The third kappa shape index (κ3) is 4.62. The Morgan fingerprint density at radius 1 is 1.32 bits per heavy atom. The van der Waals surface area contributed by atoms with Crippen molar-refractivity contribution in [1.29, 1.82) is 0 Å². The predicted octanol–water partition coefficient (Wildman–Crippen LogP) is 2.41. The molecule has 1 fully saturated rings. The standard InChI is InChI=1S/C15H19F3N2O2/c1-19-7-4-8-20-14(21)12-9-11(12)10-5-2-3-6-13(10)22-15(16,17)18/h2-3,5-6,11-12,19H,4,7-9H2,1H3,(H,20,21). The zero-order valence-corrected chi connectivity index (χ0v) is 12.2. The molecule has 0 saturated heterocycles. The molecule has 0 spiro atoms. The van der Waals surface area contributed by atoms with Gasteiger partial charge in [-0.15, -0.1) is 13.2 Å². The number of alkyl halides is 3. The minimum absolute atomic E-state index is 0.108. The lowest BCUT2D eigenvalue weighted by molar-refractivity contribution is -0.274. The second-order valence-electron chi connectivity index (χ2n) is 5.28. The van der Waals surface area contributed by atoms with Crippen molar-refractivity contribution in [3.63, 3.8) is 0 Å². The van der Waals surface area contributed by atoms with Crippen LogP contribution in [0.3, 0.4) is 0 Å². The quantitative estimate of drug-likeness (QED) is 0.760. The maximum absolute atomic E-state index is 12.4. The molecular formula is C15H19F3N2O2. The van der Waals surface area contributed by atoms with Crippen LogP contribution in [0.4, 0.5) is 13.2 Å². The zero-order valence-electron chi connectivity index (χ0n) is 12.2. The lowest BCUT2D eigenvalue weighted by Crippen LogP contribution is -2.28. The van der Waals surface area contributed by atoms with E-state index in [2.05, 4.69) is 15.4 Å². The smallest absolute Gasteiger partial charge is 0.405 e. The van der Waals surface area contributed by atoms with E-state index in [0.717, 1.165) is 13.0 Å². The molecule has 122 valence electrons. The van der Waals surface area contributed by atoms with Gasteiger partial charge in [-0.05, 0) is 44.0 Å². The Balaban J connectivity index is 1.93. The van der Waals surface area contributed by atoms with Crippen molar-refractivity contribution >= 4 is 5.91 Å². The van der Waals surface area contributed by atoms with Crippen LogP contribution in [0.25, 0.3) is 0 Å². The van der Waals surface area contributed by atoms with Crippen LogP contribution in [-0.2, 0) is 4.79 Å². The highest BCUT2D eigenvalue weighted by Gasteiger charge is 2.46. The molecule has 2 N–H and O–H groups in total. The molecule has 0 radical (unpaired) electrons. The van der Waals surface area contributed by atoms with E-state index in [1.54, 1.807) is 12.1 Å². The van der Waals surface area contributed by atoms with Gasteiger partial charge in [0.15, 0.2) is 0 Å². The summed E-state index contributed by atoms with van der Waals surface area (Å²) in [5, 5.41) is 5.78. The van der Waals surface area contributed by atoms with E-state index in [1.165, 1.54) is 12.1 Å². The first-order valence-electron chi connectivity index (χ1n) is 7.19. The van der Waals surface area contributed by atoms with Crippen molar-refractivity contribution < 1.29 is 22.7 Å². The van der Waals surface area contributed by atoms with E-state index in [4.69, 9.17) is 0 Å². The van der Waals surface area contributed by atoms with E-state index in [9.17, 15) is 18.0 Å². The molecule has 4 nitrogen and oxygen atoms in total. The molecule has 1 amide bonds. The van der Waals surface area contributed by atoms with Crippen molar-refractivity contribution in [3.8, 4) is 5.75 Å².